The zero-order valence-electron chi connectivity index (χ0n) is 11.0. The van der Waals surface area contributed by atoms with Crippen LogP contribution in [-0.2, 0) is 0 Å². The van der Waals surface area contributed by atoms with Crippen LogP contribution in [0.3, 0.4) is 0 Å². The molecule has 22 heavy (non-hydrogen) atoms. The van der Waals surface area contributed by atoms with E-state index >= 15 is 0 Å². The van der Waals surface area contributed by atoms with Gasteiger partial charge in [0.25, 0.3) is 0 Å². The van der Waals surface area contributed by atoms with Crippen LogP contribution in [0.2, 0.25) is 0 Å². The van der Waals surface area contributed by atoms with Crippen molar-refractivity contribution < 1.29 is 19.2 Å². The Hall–Kier alpha value is -2.66. The first-order valence-electron chi connectivity index (χ1n) is 6.03. The third-order valence-corrected chi connectivity index (χ3v) is 3.61. The first-order valence-corrected chi connectivity index (χ1v) is 6.03. The molecule has 10 heteroatoms. The molecular formula is C12H10N6O4. The number of aromatic nitrogens is 2. The van der Waals surface area contributed by atoms with Crippen molar-refractivity contribution in [3.8, 4) is 0 Å². The van der Waals surface area contributed by atoms with Gasteiger partial charge in [0.1, 0.15) is 22.8 Å². The standard InChI is InChI=1S/C12H10N6O4/c13-11(14)9(21)7-8(10(22)12(11,15)16)18-6-4(20)2-1-3(19)5(6)17-7/h1-2H,13-16H2. The average Bonchev–Trinajstić information content (AvgIpc) is 2.47. The minimum absolute atomic E-state index is 0.357. The van der Waals surface area contributed by atoms with Gasteiger partial charge >= 0.3 is 0 Å². The van der Waals surface area contributed by atoms with Crippen LogP contribution in [0.4, 0.5) is 0 Å². The van der Waals surface area contributed by atoms with Crippen molar-refractivity contribution in [3.05, 3.63) is 34.9 Å². The van der Waals surface area contributed by atoms with Gasteiger partial charge in [0.05, 0.1) is 0 Å². The van der Waals surface area contributed by atoms with Crippen LogP contribution >= 0.6 is 0 Å². The Morgan fingerprint density at radius 2 is 0.955 bits per heavy atom. The van der Waals surface area contributed by atoms with Gasteiger partial charge in [0.15, 0.2) is 11.3 Å². The topological polar surface area (TPSA) is 198 Å². The summed E-state index contributed by atoms with van der Waals surface area (Å²) in [6, 6.07) is 0. The predicted molar refractivity (Wildman–Crippen MR) is 70.7 cm³/mol. The second-order valence-corrected chi connectivity index (χ2v) is 5.08. The van der Waals surface area contributed by atoms with Crippen LogP contribution < -0.4 is 22.9 Å². The van der Waals surface area contributed by atoms with Crippen LogP contribution in [0, 0.1) is 0 Å². The summed E-state index contributed by atoms with van der Waals surface area (Å²) in [5, 5.41) is 0. The molecule has 10 nitrogen and oxygen atoms in total. The van der Waals surface area contributed by atoms with E-state index in [1.54, 1.807) is 0 Å². The Labute approximate surface area is 122 Å². The van der Waals surface area contributed by atoms with E-state index in [4.69, 9.17) is 22.9 Å². The lowest BCUT2D eigenvalue weighted by atomic mass is 9.78. The highest BCUT2D eigenvalue weighted by molar-refractivity contribution is 6.24. The van der Waals surface area contributed by atoms with Crippen molar-refractivity contribution in [2.24, 2.45) is 22.9 Å². The average molecular weight is 302 g/mol. The van der Waals surface area contributed by atoms with Crippen molar-refractivity contribution in [3.63, 3.8) is 0 Å². The van der Waals surface area contributed by atoms with Crippen molar-refractivity contribution in [1.82, 2.24) is 9.97 Å². The number of nitrogens with zero attached hydrogens (tertiary/aromatic N) is 2. The highest BCUT2D eigenvalue weighted by Crippen LogP contribution is 2.27. The number of ketones is 4. The molecule has 8 N–H and O–H groups in total. The number of nitrogens with two attached hydrogens (primary N) is 4. The van der Waals surface area contributed by atoms with Gasteiger partial charge in [0, 0.05) is 0 Å². The lowest BCUT2D eigenvalue weighted by Crippen LogP contribution is -2.84. The Kier molecular flexibility index (Phi) is 2.57. The number of hydrogen-bond donors (Lipinski definition) is 4. The molecule has 1 heterocycles. The molecule has 0 aliphatic heterocycles. The number of carbonyl (C=O) groups is 4. The van der Waals surface area contributed by atoms with Gasteiger partial charge in [-0.05, 0) is 12.2 Å². The van der Waals surface area contributed by atoms with E-state index in [0.717, 1.165) is 12.2 Å². The molecule has 0 saturated carbocycles. The third-order valence-electron chi connectivity index (χ3n) is 3.61. The number of carbonyl (C=O) groups excluding carboxylic acids is 4. The van der Waals surface area contributed by atoms with Crippen LogP contribution in [0.15, 0.2) is 12.2 Å². The van der Waals surface area contributed by atoms with Gasteiger partial charge in [0.2, 0.25) is 23.1 Å². The summed E-state index contributed by atoms with van der Waals surface area (Å²) in [5.41, 5.74) is 15.7. The second-order valence-electron chi connectivity index (χ2n) is 5.08. The molecule has 0 aromatic carbocycles. The van der Waals surface area contributed by atoms with Crippen molar-refractivity contribution in [1.29, 1.82) is 0 Å². The molecule has 0 saturated heterocycles. The van der Waals surface area contributed by atoms with E-state index in [2.05, 4.69) is 9.97 Å². The van der Waals surface area contributed by atoms with E-state index < -0.39 is 45.8 Å². The van der Waals surface area contributed by atoms with Crippen LogP contribution in [0.5, 0.6) is 0 Å². The smallest absolute Gasteiger partial charge is 0.221 e. The molecule has 3 rings (SSSR count). The fraction of sp³-hybridized carbons (Fsp3) is 0.167. The van der Waals surface area contributed by atoms with E-state index in [1.807, 2.05) is 0 Å². The van der Waals surface area contributed by atoms with E-state index in [0.29, 0.717) is 0 Å². The maximum atomic E-state index is 12.3. The Balaban J connectivity index is 2.35. The maximum absolute atomic E-state index is 12.3. The zero-order valence-corrected chi connectivity index (χ0v) is 11.0. The first kappa shape index (κ1) is 14.3. The number of allylic oxidation sites excluding steroid dienone is 2. The fourth-order valence-electron chi connectivity index (χ4n) is 2.17. The van der Waals surface area contributed by atoms with Crippen LogP contribution in [0.25, 0.3) is 0 Å². The van der Waals surface area contributed by atoms with Crippen LogP contribution in [-0.4, -0.2) is 44.4 Å². The molecule has 0 bridgehead atoms. The quantitative estimate of drug-likeness (QED) is 0.358. The molecule has 2 aliphatic rings. The van der Waals surface area contributed by atoms with Crippen LogP contribution in [0.1, 0.15) is 42.0 Å². The molecule has 0 amide bonds. The maximum Gasteiger partial charge on any atom is 0.221 e. The Morgan fingerprint density at radius 3 is 1.27 bits per heavy atom. The van der Waals surface area contributed by atoms with Gasteiger partial charge in [-0.15, -0.1) is 0 Å². The predicted octanol–water partition coefficient (Wildman–Crippen LogP) is -2.98. The molecule has 2 aliphatic carbocycles. The van der Waals surface area contributed by atoms with E-state index in [-0.39, 0.29) is 11.4 Å². The number of rotatable bonds is 0. The molecule has 0 atom stereocenters. The number of Topliss-reactive ketones (excluding diaryl/α,β-unsaturated/α-hetero) is 2. The van der Waals surface area contributed by atoms with Gasteiger partial charge in [-0.2, -0.15) is 0 Å². The molecule has 0 unspecified atom stereocenters. The van der Waals surface area contributed by atoms with Crippen molar-refractivity contribution >= 4 is 23.1 Å². The summed E-state index contributed by atoms with van der Waals surface area (Å²) < 4.78 is 0. The van der Waals surface area contributed by atoms with Gasteiger partial charge in [-0.25, -0.2) is 9.97 Å². The first-order chi connectivity index (χ1) is 10.1. The lowest BCUT2D eigenvalue weighted by Gasteiger charge is -2.40. The fourth-order valence-corrected chi connectivity index (χ4v) is 2.17. The SMILES string of the molecule is NC1(N)C(=O)c2nc3c(nc2C(=O)C1(N)N)C(=O)C=CC3=O. The lowest BCUT2D eigenvalue weighted by molar-refractivity contribution is 0.0639. The zero-order chi connectivity index (χ0) is 16.4. The normalized spacial score (nSPS) is 21.6. The van der Waals surface area contributed by atoms with E-state index in [9.17, 15) is 19.2 Å². The number of fused-ring (bicyclic) bond motifs is 2. The summed E-state index contributed by atoms with van der Waals surface area (Å²) in [7, 11) is 0. The highest BCUT2D eigenvalue weighted by atomic mass is 16.2. The third kappa shape index (κ3) is 1.51. The van der Waals surface area contributed by atoms with Crippen molar-refractivity contribution in [2.45, 2.75) is 11.3 Å². The largest absolute Gasteiger partial charge is 0.304 e. The second kappa shape index (κ2) is 3.96. The summed E-state index contributed by atoms with van der Waals surface area (Å²) >= 11 is 0. The summed E-state index contributed by atoms with van der Waals surface area (Å²) in [6.07, 6.45) is 1.96. The summed E-state index contributed by atoms with van der Waals surface area (Å²) in [6.45, 7) is 0. The molecule has 1 aromatic heterocycles. The van der Waals surface area contributed by atoms with Gasteiger partial charge in [-0.1, -0.05) is 0 Å². The Morgan fingerprint density at radius 1 is 0.636 bits per heavy atom. The highest BCUT2D eigenvalue weighted by Gasteiger charge is 2.58. The minimum atomic E-state index is -2.42. The van der Waals surface area contributed by atoms with E-state index in [1.165, 1.54) is 0 Å². The monoisotopic (exact) mass is 302 g/mol. The molecule has 112 valence electrons. The molecule has 0 fully saturated rings. The molecule has 0 spiro atoms. The van der Waals surface area contributed by atoms with Gasteiger partial charge in [-0.3, -0.25) is 19.2 Å². The molecule has 1 aromatic rings. The van der Waals surface area contributed by atoms with Gasteiger partial charge < -0.3 is 22.9 Å². The van der Waals surface area contributed by atoms with Crippen molar-refractivity contribution in [2.75, 3.05) is 0 Å². The Bertz CT molecular complexity index is 756. The molecule has 0 radical (unpaired) electrons. The molecular weight excluding hydrogens is 292 g/mol. The summed E-state index contributed by atoms with van der Waals surface area (Å²) in [5.74, 6) is -3.36. The minimum Gasteiger partial charge on any atom is -0.304 e. The summed E-state index contributed by atoms with van der Waals surface area (Å²) in [4.78, 5) is 55.6. The number of hydrogen-bond acceptors (Lipinski definition) is 10.